The van der Waals surface area contributed by atoms with Crippen molar-refractivity contribution in [1.82, 2.24) is 9.55 Å². The number of thiophene rings is 1. The number of amides is 1. The van der Waals surface area contributed by atoms with Crippen LogP contribution in [0.2, 0.25) is 0 Å². The van der Waals surface area contributed by atoms with Gasteiger partial charge >= 0.3 is 0 Å². The standard InChI is InChI=1S/C30H39N3O2S2/c1-4-5-6-7-8-11-16-32-29(35)27-23-15-14-20(2)17-25(23)37-28(27)31-30(32)36-19-26(34)33-21(3)18-22-12-9-10-13-24(22)33/h9-10,12-13,20-21H,4-8,11,14-19H2,1-3H3/t20-,21-/m0/s1. The van der Waals surface area contributed by atoms with E-state index in [9.17, 15) is 9.59 Å². The van der Waals surface area contributed by atoms with Gasteiger partial charge in [0.15, 0.2) is 5.16 Å². The van der Waals surface area contributed by atoms with Crippen molar-refractivity contribution in [3.63, 3.8) is 0 Å². The molecule has 3 heterocycles. The number of thioether (sulfide) groups is 1. The van der Waals surface area contributed by atoms with E-state index in [0.29, 0.717) is 17.6 Å². The molecule has 0 fully saturated rings. The van der Waals surface area contributed by atoms with E-state index >= 15 is 0 Å². The van der Waals surface area contributed by atoms with Crippen LogP contribution in [-0.4, -0.2) is 27.3 Å². The summed E-state index contributed by atoms with van der Waals surface area (Å²) in [6.07, 6.45) is 11.1. The molecule has 0 unspecified atom stereocenters. The summed E-state index contributed by atoms with van der Waals surface area (Å²) in [7, 11) is 0. The van der Waals surface area contributed by atoms with Crippen LogP contribution in [0.1, 0.15) is 81.7 Å². The average molecular weight is 538 g/mol. The van der Waals surface area contributed by atoms with Gasteiger partial charge in [-0.05, 0) is 62.1 Å². The molecule has 198 valence electrons. The third-order valence-corrected chi connectivity index (χ3v) is 10.0. The molecule has 0 bridgehead atoms. The van der Waals surface area contributed by atoms with Gasteiger partial charge in [0.1, 0.15) is 4.83 Å². The topological polar surface area (TPSA) is 55.2 Å². The van der Waals surface area contributed by atoms with Gasteiger partial charge in [-0.1, -0.05) is 75.9 Å². The fourth-order valence-electron chi connectivity index (χ4n) is 5.90. The second-order valence-electron chi connectivity index (χ2n) is 10.9. The molecule has 0 radical (unpaired) electrons. The lowest BCUT2D eigenvalue weighted by Crippen LogP contribution is -2.37. The van der Waals surface area contributed by atoms with Gasteiger partial charge in [-0.25, -0.2) is 4.98 Å². The largest absolute Gasteiger partial charge is 0.308 e. The number of aryl methyl sites for hydroxylation is 1. The second kappa shape index (κ2) is 11.7. The van der Waals surface area contributed by atoms with Crippen LogP contribution in [0.3, 0.4) is 0 Å². The maximum atomic E-state index is 13.9. The Balaban J connectivity index is 1.40. The smallest absolute Gasteiger partial charge is 0.263 e. The van der Waals surface area contributed by atoms with Gasteiger partial charge < -0.3 is 4.90 Å². The minimum absolute atomic E-state index is 0.0854. The molecule has 37 heavy (non-hydrogen) atoms. The van der Waals surface area contributed by atoms with Crippen LogP contribution in [-0.2, 0) is 30.6 Å². The van der Waals surface area contributed by atoms with E-state index in [-0.39, 0.29) is 23.3 Å². The number of rotatable bonds is 10. The van der Waals surface area contributed by atoms with E-state index in [4.69, 9.17) is 4.98 Å². The lowest BCUT2D eigenvalue weighted by Gasteiger charge is -2.22. The molecule has 0 N–H and O–H groups in total. The highest BCUT2D eigenvalue weighted by molar-refractivity contribution is 7.99. The zero-order chi connectivity index (χ0) is 25.9. The van der Waals surface area contributed by atoms with Crippen LogP contribution in [0, 0.1) is 5.92 Å². The van der Waals surface area contributed by atoms with Crippen LogP contribution < -0.4 is 10.5 Å². The highest BCUT2D eigenvalue weighted by atomic mass is 32.2. The second-order valence-corrected chi connectivity index (χ2v) is 12.9. The van der Waals surface area contributed by atoms with Crippen LogP contribution in [0.5, 0.6) is 0 Å². The summed E-state index contributed by atoms with van der Waals surface area (Å²) in [5.41, 5.74) is 3.59. The molecular formula is C30H39N3O2S2. The van der Waals surface area contributed by atoms with Gasteiger partial charge in [0.05, 0.1) is 11.1 Å². The summed E-state index contributed by atoms with van der Waals surface area (Å²) in [4.78, 5) is 36.4. The average Bonchev–Trinajstić information content (AvgIpc) is 3.41. The molecule has 1 amide bonds. The summed E-state index contributed by atoms with van der Waals surface area (Å²) in [5, 5.41) is 1.54. The van der Waals surface area contributed by atoms with Crippen molar-refractivity contribution in [3.05, 3.63) is 50.6 Å². The number of para-hydroxylation sites is 1. The van der Waals surface area contributed by atoms with Gasteiger partial charge in [-0.2, -0.15) is 0 Å². The number of unbranched alkanes of at least 4 members (excludes halogenated alkanes) is 5. The first-order chi connectivity index (χ1) is 18.0. The van der Waals surface area contributed by atoms with Gasteiger partial charge in [-0.15, -0.1) is 11.3 Å². The molecule has 1 aliphatic carbocycles. The number of benzene rings is 1. The molecule has 1 aliphatic heterocycles. The van der Waals surface area contributed by atoms with Crippen molar-refractivity contribution in [2.45, 2.75) is 103 Å². The van der Waals surface area contributed by atoms with E-state index in [0.717, 1.165) is 54.4 Å². The summed E-state index contributed by atoms with van der Waals surface area (Å²) < 4.78 is 1.88. The minimum atomic E-state index is 0.0854. The van der Waals surface area contributed by atoms with Crippen LogP contribution in [0.15, 0.2) is 34.2 Å². The normalized spacial score (nSPS) is 18.8. The van der Waals surface area contributed by atoms with E-state index < -0.39 is 0 Å². The van der Waals surface area contributed by atoms with E-state index in [2.05, 4.69) is 26.8 Å². The molecule has 0 saturated carbocycles. The van der Waals surface area contributed by atoms with Crippen molar-refractivity contribution in [2.75, 3.05) is 10.7 Å². The Morgan fingerprint density at radius 3 is 2.73 bits per heavy atom. The maximum absolute atomic E-state index is 13.9. The van der Waals surface area contributed by atoms with Gasteiger partial charge in [0, 0.05) is 23.2 Å². The first kappa shape index (κ1) is 26.5. The number of carbonyl (C=O) groups is 1. The Hall–Kier alpha value is -2.12. The van der Waals surface area contributed by atoms with Gasteiger partial charge in [0.2, 0.25) is 5.91 Å². The van der Waals surface area contributed by atoms with Crippen molar-refractivity contribution in [1.29, 1.82) is 0 Å². The Morgan fingerprint density at radius 1 is 1.11 bits per heavy atom. The zero-order valence-corrected chi connectivity index (χ0v) is 24.1. The molecule has 2 atom stereocenters. The Bertz CT molecular complexity index is 1330. The number of carbonyl (C=O) groups excluding carboxylic acids is 1. The molecule has 2 aromatic heterocycles. The molecule has 7 heteroatoms. The Labute approximate surface area is 228 Å². The van der Waals surface area contributed by atoms with Crippen LogP contribution >= 0.6 is 23.1 Å². The Morgan fingerprint density at radius 2 is 1.89 bits per heavy atom. The number of hydrogen-bond acceptors (Lipinski definition) is 5. The number of aromatic nitrogens is 2. The first-order valence-electron chi connectivity index (χ1n) is 14.1. The highest BCUT2D eigenvalue weighted by Gasteiger charge is 2.31. The number of fused-ring (bicyclic) bond motifs is 4. The molecule has 0 spiro atoms. The fraction of sp³-hybridized carbons (Fsp3) is 0.567. The predicted octanol–water partition coefficient (Wildman–Crippen LogP) is 7.01. The minimum Gasteiger partial charge on any atom is -0.308 e. The molecule has 0 saturated heterocycles. The van der Waals surface area contributed by atoms with E-state index in [1.807, 2.05) is 27.7 Å². The van der Waals surface area contributed by atoms with Crippen molar-refractivity contribution >= 4 is 44.9 Å². The summed E-state index contributed by atoms with van der Waals surface area (Å²) in [6, 6.07) is 8.33. The van der Waals surface area contributed by atoms with Crippen LogP contribution in [0.4, 0.5) is 5.69 Å². The summed E-state index contributed by atoms with van der Waals surface area (Å²) >= 11 is 3.13. The molecular weight excluding hydrogens is 498 g/mol. The summed E-state index contributed by atoms with van der Waals surface area (Å²) in [5.74, 6) is 1.03. The lowest BCUT2D eigenvalue weighted by molar-refractivity contribution is -0.116. The summed E-state index contributed by atoms with van der Waals surface area (Å²) in [6.45, 7) is 7.31. The van der Waals surface area contributed by atoms with E-state index in [1.165, 1.54) is 53.4 Å². The van der Waals surface area contributed by atoms with Gasteiger partial charge in [-0.3, -0.25) is 14.2 Å². The van der Waals surface area contributed by atoms with E-state index in [1.54, 1.807) is 11.3 Å². The molecule has 2 aliphatic rings. The molecule has 3 aromatic rings. The SMILES string of the molecule is CCCCCCCCn1c(SCC(=O)N2c3ccccc3C[C@@H]2C)nc2sc3c(c2c1=O)CC[C@H](C)C3. The van der Waals surface area contributed by atoms with Gasteiger partial charge in [0.25, 0.3) is 5.56 Å². The molecule has 5 nitrogen and oxygen atoms in total. The number of anilines is 1. The number of hydrogen-bond donors (Lipinski definition) is 0. The highest BCUT2D eigenvalue weighted by Crippen LogP contribution is 2.37. The van der Waals surface area contributed by atoms with Crippen LogP contribution in [0.25, 0.3) is 10.2 Å². The predicted molar refractivity (Wildman–Crippen MR) is 156 cm³/mol. The Kier molecular flexibility index (Phi) is 8.40. The third-order valence-electron chi connectivity index (χ3n) is 7.92. The van der Waals surface area contributed by atoms with Crippen molar-refractivity contribution in [2.24, 2.45) is 5.92 Å². The third kappa shape index (κ3) is 5.53. The lowest BCUT2D eigenvalue weighted by atomic mass is 9.89. The molecule has 1 aromatic carbocycles. The monoisotopic (exact) mass is 537 g/mol. The zero-order valence-electron chi connectivity index (χ0n) is 22.4. The van der Waals surface area contributed by atoms with Crippen molar-refractivity contribution in [3.8, 4) is 0 Å². The maximum Gasteiger partial charge on any atom is 0.263 e. The first-order valence-corrected chi connectivity index (χ1v) is 15.9. The number of nitrogens with zero attached hydrogens (tertiary/aromatic N) is 3. The van der Waals surface area contributed by atoms with Crippen molar-refractivity contribution < 1.29 is 4.79 Å². The fourth-order valence-corrected chi connectivity index (χ4v) is 8.21. The quantitative estimate of drug-likeness (QED) is 0.159. The molecule has 5 rings (SSSR count).